The number of nitrogens with two attached hydrogens (primary N) is 1. The molecule has 0 bridgehead atoms. The summed E-state index contributed by atoms with van der Waals surface area (Å²) in [6, 6.07) is 12.7. The summed E-state index contributed by atoms with van der Waals surface area (Å²) in [5.41, 5.74) is 7.42. The van der Waals surface area contributed by atoms with E-state index >= 15 is 0 Å². The van der Waals surface area contributed by atoms with Crippen molar-refractivity contribution in [2.45, 2.75) is 25.1 Å². The molecule has 1 aliphatic rings. The topological polar surface area (TPSA) is 26.0 Å². The summed E-state index contributed by atoms with van der Waals surface area (Å²) in [7, 11) is 0. The van der Waals surface area contributed by atoms with Gasteiger partial charge in [-0.25, -0.2) is 0 Å². The lowest BCUT2D eigenvalue weighted by Crippen LogP contribution is -2.47. The molecular weight excluding hydrogens is 263 g/mol. The Morgan fingerprint density at radius 3 is 2.30 bits per heavy atom. The van der Waals surface area contributed by atoms with Gasteiger partial charge in [0.1, 0.15) is 5.54 Å². The average molecular weight is 277 g/mol. The lowest BCUT2D eigenvalue weighted by molar-refractivity contribution is -0.184. The molecule has 0 saturated heterocycles. The molecule has 3 rings (SSSR count). The normalized spacial score (nSPS) is 16.4. The Kier molecular flexibility index (Phi) is 2.70. The number of fused-ring (bicyclic) bond motifs is 3. The predicted octanol–water partition coefficient (Wildman–Crippen LogP) is 3.99. The van der Waals surface area contributed by atoms with E-state index in [1.54, 1.807) is 12.1 Å². The first-order chi connectivity index (χ1) is 9.30. The number of benzene rings is 2. The standard InChI is InChI=1S/C16H14F3N/c1-15(20,16(17,18)19)12-6-7-14-11(9-12)8-10-4-2-3-5-13(10)14/h2-7,9H,8,20H2,1H3. The van der Waals surface area contributed by atoms with Crippen molar-refractivity contribution in [3.05, 3.63) is 59.2 Å². The second-order valence-corrected chi connectivity index (χ2v) is 5.41. The van der Waals surface area contributed by atoms with Crippen molar-refractivity contribution < 1.29 is 13.2 Å². The van der Waals surface area contributed by atoms with Crippen molar-refractivity contribution in [1.82, 2.24) is 0 Å². The summed E-state index contributed by atoms with van der Waals surface area (Å²) in [6.07, 6.45) is -3.81. The Labute approximate surface area is 115 Å². The Morgan fingerprint density at radius 2 is 1.60 bits per heavy atom. The van der Waals surface area contributed by atoms with E-state index in [-0.39, 0.29) is 5.56 Å². The highest BCUT2D eigenvalue weighted by Gasteiger charge is 2.49. The van der Waals surface area contributed by atoms with Crippen molar-refractivity contribution in [3.63, 3.8) is 0 Å². The number of rotatable bonds is 1. The second kappa shape index (κ2) is 4.09. The summed E-state index contributed by atoms with van der Waals surface area (Å²) >= 11 is 0. The van der Waals surface area contributed by atoms with E-state index < -0.39 is 11.7 Å². The van der Waals surface area contributed by atoms with Crippen LogP contribution in [0.5, 0.6) is 0 Å². The maximum atomic E-state index is 13.0. The van der Waals surface area contributed by atoms with Gasteiger partial charge in [-0.05, 0) is 41.2 Å². The van der Waals surface area contributed by atoms with Gasteiger partial charge in [-0.1, -0.05) is 42.5 Å². The maximum absolute atomic E-state index is 13.0. The van der Waals surface area contributed by atoms with Crippen LogP contribution >= 0.6 is 0 Å². The highest BCUT2D eigenvalue weighted by molar-refractivity contribution is 5.77. The molecule has 0 fully saturated rings. The summed E-state index contributed by atoms with van der Waals surface area (Å²) in [5.74, 6) is 0. The van der Waals surface area contributed by atoms with Crippen LogP contribution < -0.4 is 5.73 Å². The van der Waals surface area contributed by atoms with Crippen LogP contribution in [0.2, 0.25) is 0 Å². The van der Waals surface area contributed by atoms with E-state index in [1.165, 1.54) is 6.07 Å². The largest absolute Gasteiger partial charge is 0.410 e. The maximum Gasteiger partial charge on any atom is 0.410 e. The minimum absolute atomic E-state index is 0.108. The zero-order valence-corrected chi connectivity index (χ0v) is 11.0. The predicted molar refractivity (Wildman–Crippen MR) is 72.3 cm³/mol. The van der Waals surface area contributed by atoms with Crippen molar-refractivity contribution in [1.29, 1.82) is 0 Å². The van der Waals surface area contributed by atoms with Crippen molar-refractivity contribution in [2.75, 3.05) is 0 Å². The third-order valence-corrected chi connectivity index (χ3v) is 3.98. The van der Waals surface area contributed by atoms with E-state index in [0.717, 1.165) is 29.2 Å². The van der Waals surface area contributed by atoms with Gasteiger partial charge in [-0.15, -0.1) is 0 Å². The third kappa shape index (κ3) is 1.83. The van der Waals surface area contributed by atoms with Gasteiger partial charge in [0.15, 0.2) is 0 Å². The quantitative estimate of drug-likeness (QED) is 0.715. The molecule has 2 N–H and O–H groups in total. The molecule has 20 heavy (non-hydrogen) atoms. The molecule has 1 atom stereocenters. The van der Waals surface area contributed by atoms with Crippen molar-refractivity contribution in [2.24, 2.45) is 5.73 Å². The first kappa shape index (κ1) is 13.2. The van der Waals surface area contributed by atoms with Gasteiger partial charge in [0.2, 0.25) is 0 Å². The number of halogens is 3. The van der Waals surface area contributed by atoms with Crippen LogP contribution in [0.15, 0.2) is 42.5 Å². The fourth-order valence-corrected chi connectivity index (χ4v) is 2.63. The van der Waals surface area contributed by atoms with E-state index in [4.69, 9.17) is 5.73 Å². The van der Waals surface area contributed by atoms with Gasteiger partial charge in [0.25, 0.3) is 0 Å². The Balaban J connectivity index is 2.08. The molecule has 0 aromatic heterocycles. The highest BCUT2D eigenvalue weighted by atomic mass is 19.4. The molecule has 1 unspecified atom stereocenters. The number of hydrogen-bond acceptors (Lipinski definition) is 1. The van der Waals surface area contributed by atoms with Crippen molar-refractivity contribution in [3.8, 4) is 11.1 Å². The van der Waals surface area contributed by atoms with Gasteiger partial charge >= 0.3 is 6.18 Å². The molecule has 0 saturated carbocycles. The van der Waals surface area contributed by atoms with Crippen LogP contribution in [0, 0.1) is 0 Å². The highest BCUT2D eigenvalue weighted by Crippen LogP contribution is 2.41. The molecular formula is C16H14F3N. The van der Waals surface area contributed by atoms with Crippen molar-refractivity contribution >= 4 is 0 Å². The van der Waals surface area contributed by atoms with E-state index in [1.807, 2.05) is 24.3 Å². The van der Waals surface area contributed by atoms with Crippen LogP contribution in [0.3, 0.4) is 0 Å². The molecule has 0 aliphatic heterocycles. The van der Waals surface area contributed by atoms with Crippen LogP contribution in [0.25, 0.3) is 11.1 Å². The van der Waals surface area contributed by atoms with Crippen LogP contribution in [-0.2, 0) is 12.0 Å². The fourth-order valence-electron chi connectivity index (χ4n) is 2.63. The summed E-state index contributed by atoms with van der Waals surface area (Å²) in [5, 5.41) is 0. The molecule has 2 aromatic rings. The lowest BCUT2D eigenvalue weighted by Gasteiger charge is -2.28. The zero-order chi connectivity index (χ0) is 14.5. The monoisotopic (exact) mass is 277 g/mol. The molecule has 2 aromatic carbocycles. The fraction of sp³-hybridized carbons (Fsp3) is 0.250. The molecule has 0 amide bonds. The van der Waals surface area contributed by atoms with E-state index in [9.17, 15) is 13.2 Å². The molecule has 1 aliphatic carbocycles. The van der Waals surface area contributed by atoms with Gasteiger partial charge in [0.05, 0.1) is 0 Å². The van der Waals surface area contributed by atoms with Crippen LogP contribution in [0.1, 0.15) is 23.6 Å². The Morgan fingerprint density at radius 1 is 0.950 bits per heavy atom. The number of hydrogen-bond donors (Lipinski definition) is 1. The van der Waals surface area contributed by atoms with Crippen LogP contribution in [0.4, 0.5) is 13.2 Å². The first-order valence-electron chi connectivity index (χ1n) is 6.38. The lowest BCUT2D eigenvalue weighted by atomic mass is 9.90. The minimum atomic E-state index is -4.47. The number of alkyl halides is 3. The van der Waals surface area contributed by atoms with Gasteiger partial charge < -0.3 is 5.73 Å². The molecule has 0 heterocycles. The first-order valence-corrected chi connectivity index (χ1v) is 6.38. The zero-order valence-electron chi connectivity index (χ0n) is 11.0. The molecule has 0 radical (unpaired) electrons. The minimum Gasteiger partial charge on any atom is -0.314 e. The van der Waals surface area contributed by atoms with Gasteiger partial charge in [-0.3, -0.25) is 0 Å². The van der Waals surface area contributed by atoms with E-state index in [2.05, 4.69) is 0 Å². The summed E-state index contributed by atoms with van der Waals surface area (Å²) < 4.78 is 39.0. The Bertz CT molecular complexity index is 672. The van der Waals surface area contributed by atoms with Crippen LogP contribution in [-0.4, -0.2) is 6.18 Å². The molecule has 4 heteroatoms. The molecule has 104 valence electrons. The smallest absolute Gasteiger partial charge is 0.314 e. The van der Waals surface area contributed by atoms with E-state index in [0.29, 0.717) is 6.42 Å². The SMILES string of the molecule is CC(N)(c1ccc2c(c1)Cc1ccccc1-2)C(F)(F)F. The summed E-state index contributed by atoms with van der Waals surface area (Å²) in [6.45, 7) is 1.01. The second-order valence-electron chi connectivity index (χ2n) is 5.41. The molecule has 0 spiro atoms. The average Bonchev–Trinajstić information content (AvgIpc) is 2.74. The Hall–Kier alpha value is -1.81. The van der Waals surface area contributed by atoms with Gasteiger partial charge in [-0.2, -0.15) is 13.2 Å². The molecule has 1 nitrogen and oxygen atoms in total. The summed E-state index contributed by atoms with van der Waals surface area (Å²) in [4.78, 5) is 0. The van der Waals surface area contributed by atoms with Gasteiger partial charge in [0, 0.05) is 0 Å². The third-order valence-electron chi connectivity index (χ3n) is 3.98.